The number of halogens is 3. The highest BCUT2D eigenvalue weighted by Crippen LogP contribution is 2.31. The zero-order chi connectivity index (χ0) is 22.1. The van der Waals surface area contributed by atoms with Crippen LogP contribution < -0.4 is 5.32 Å². The molecule has 0 spiro atoms. The third-order valence-electron chi connectivity index (χ3n) is 4.10. The first-order valence-corrected chi connectivity index (χ1v) is 8.90. The lowest BCUT2D eigenvalue weighted by molar-refractivity contribution is -0.152. The van der Waals surface area contributed by atoms with Crippen molar-refractivity contribution in [2.45, 2.75) is 38.9 Å². The van der Waals surface area contributed by atoms with E-state index in [-0.39, 0.29) is 22.3 Å². The largest absolute Gasteiger partial charge is 0.454 e. The van der Waals surface area contributed by atoms with Gasteiger partial charge in [-0.2, -0.15) is 13.2 Å². The second-order valence-electron chi connectivity index (χ2n) is 7.54. The van der Waals surface area contributed by atoms with Crippen molar-refractivity contribution in [3.05, 3.63) is 41.9 Å². The van der Waals surface area contributed by atoms with Crippen LogP contribution in [0.2, 0.25) is 0 Å². The second-order valence-corrected chi connectivity index (χ2v) is 7.54. The third-order valence-corrected chi connectivity index (χ3v) is 4.10. The number of anilines is 1. The molecule has 3 rings (SSSR count). The SMILES string of the molecule is CC(C)(C)c1cc(NC(=O)COC(=O)Cn2c(C(F)(F)F)nc3ccccc32)on1. The van der Waals surface area contributed by atoms with Crippen LogP contribution in [0, 0.1) is 0 Å². The Kier molecular flexibility index (Phi) is 5.55. The van der Waals surface area contributed by atoms with E-state index in [9.17, 15) is 22.8 Å². The highest BCUT2D eigenvalue weighted by molar-refractivity contribution is 5.91. The van der Waals surface area contributed by atoms with Gasteiger partial charge < -0.3 is 13.8 Å². The number of nitrogens with one attached hydrogen (secondary N) is 1. The van der Waals surface area contributed by atoms with Crippen LogP contribution in [0.5, 0.6) is 0 Å². The van der Waals surface area contributed by atoms with E-state index in [1.165, 1.54) is 30.3 Å². The smallest absolute Gasteiger partial charge is 0.449 e. The molecule has 160 valence electrons. The first-order chi connectivity index (χ1) is 13.9. The normalized spacial score (nSPS) is 12.2. The molecule has 3 aromatic rings. The Morgan fingerprint density at radius 1 is 1.20 bits per heavy atom. The number of rotatable bonds is 5. The van der Waals surface area contributed by atoms with E-state index in [4.69, 9.17) is 9.26 Å². The predicted octanol–water partition coefficient (Wildman–Crippen LogP) is 3.52. The number of carbonyl (C=O) groups is 2. The maximum absolute atomic E-state index is 13.3. The second kappa shape index (κ2) is 7.81. The molecule has 8 nitrogen and oxygen atoms in total. The fourth-order valence-electron chi connectivity index (χ4n) is 2.63. The molecule has 1 amide bonds. The lowest BCUT2D eigenvalue weighted by atomic mass is 9.92. The van der Waals surface area contributed by atoms with Gasteiger partial charge in [0.2, 0.25) is 11.7 Å². The first-order valence-electron chi connectivity index (χ1n) is 8.90. The molecule has 0 aliphatic heterocycles. The Bertz CT molecular complexity index is 1080. The molecule has 0 bridgehead atoms. The zero-order valence-electron chi connectivity index (χ0n) is 16.4. The van der Waals surface area contributed by atoms with Crippen LogP contribution in [0.25, 0.3) is 11.0 Å². The van der Waals surface area contributed by atoms with Crippen LogP contribution >= 0.6 is 0 Å². The molecule has 1 aromatic carbocycles. The summed E-state index contributed by atoms with van der Waals surface area (Å²) in [6.07, 6.45) is -4.76. The van der Waals surface area contributed by atoms with Gasteiger partial charge in [0.25, 0.3) is 5.91 Å². The van der Waals surface area contributed by atoms with Crippen LogP contribution in [-0.4, -0.2) is 33.2 Å². The molecule has 1 N–H and O–H groups in total. The minimum atomic E-state index is -4.76. The van der Waals surface area contributed by atoms with E-state index in [2.05, 4.69) is 15.5 Å². The summed E-state index contributed by atoms with van der Waals surface area (Å²) < 4.78 is 50.3. The Morgan fingerprint density at radius 3 is 2.53 bits per heavy atom. The molecule has 0 saturated carbocycles. The van der Waals surface area contributed by atoms with E-state index >= 15 is 0 Å². The average molecular weight is 424 g/mol. The van der Waals surface area contributed by atoms with Crippen molar-refractivity contribution in [1.29, 1.82) is 0 Å². The van der Waals surface area contributed by atoms with E-state index in [1.54, 1.807) is 0 Å². The van der Waals surface area contributed by atoms with Crippen molar-refractivity contribution in [3.63, 3.8) is 0 Å². The summed E-state index contributed by atoms with van der Waals surface area (Å²) in [6.45, 7) is 4.28. The first kappa shape index (κ1) is 21.3. The van der Waals surface area contributed by atoms with Crippen molar-refractivity contribution >= 4 is 28.8 Å². The number of amides is 1. The molecule has 0 saturated heterocycles. The maximum atomic E-state index is 13.3. The number of nitrogens with zero attached hydrogens (tertiary/aromatic N) is 3. The van der Waals surface area contributed by atoms with Crippen molar-refractivity contribution in [3.8, 4) is 0 Å². The fourth-order valence-corrected chi connectivity index (χ4v) is 2.63. The molecular formula is C19H19F3N4O4. The topological polar surface area (TPSA) is 99.2 Å². The Morgan fingerprint density at radius 2 is 1.90 bits per heavy atom. The minimum Gasteiger partial charge on any atom is -0.454 e. The van der Waals surface area contributed by atoms with Gasteiger partial charge in [-0.3, -0.25) is 14.9 Å². The number of para-hydroxylation sites is 2. The van der Waals surface area contributed by atoms with Crippen LogP contribution in [0.3, 0.4) is 0 Å². The van der Waals surface area contributed by atoms with Crippen molar-refractivity contribution in [1.82, 2.24) is 14.7 Å². The van der Waals surface area contributed by atoms with Crippen LogP contribution in [-0.2, 0) is 32.5 Å². The number of aromatic nitrogens is 3. The number of hydrogen-bond donors (Lipinski definition) is 1. The van der Waals surface area contributed by atoms with E-state index < -0.39 is 37.0 Å². The van der Waals surface area contributed by atoms with Gasteiger partial charge in [-0.1, -0.05) is 38.1 Å². The monoisotopic (exact) mass is 424 g/mol. The number of carbonyl (C=O) groups excluding carboxylic acids is 2. The fraction of sp³-hybridized carbons (Fsp3) is 0.368. The van der Waals surface area contributed by atoms with Gasteiger partial charge in [-0.25, -0.2) is 4.98 Å². The molecule has 0 atom stereocenters. The lowest BCUT2D eigenvalue weighted by Crippen LogP contribution is -2.24. The number of fused-ring (bicyclic) bond motifs is 1. The van der Waals surface area contributed by atoms with Gasteiger partial charge in [-0.15, -0.1) is 0 Å². The lowest BCUT2D eigenvalue weighted by Gasteiger charge is -2.12. The number of alkyl halides is 3. The molecule has 11 heteroatoms. The molecule has 0 radical (unpaired) electrons. The summed E-state index contributed by atoms with van der Waals surface area (Å²) in [7, 11) is 0. The van der Waals surface area contributed by atoms with Crippen LogP contribution in [0.1, 0.15) is 32.3 Å². The average Bonchev–Trinajstić information content (AvgIpc) is 3.25. The molecule has 30 heavy (non-hydrogen) atoms. The molecule has 2 heterocycles. The van der Waals surface area contributed by atoms with Gasteiger partial charge in [0.15, 0.2) is 6.61 Å². The van der Waals surface area contributed by atoms with Crippen molar-refractivity contribution < 1.29 is 32.0 Å². The van der Waals surface area contributed by atoms with E-state index in [0.717, 1.165) is 0 Å². The summed E-state index contributed by atoms with van der Waals surface area (Å²) in [6, 6.07) is 7.42. The summed E-state index contributed by atoms with van der Waals surface area (Å²) >= 11 is 0. The third kappa shape index (κ3) is 4.78. The van der Waals surface area contributed by atoms with Gasteiger partial charge >= 0.3 is 12.1 Å². The molecule has 0 fully saturated rings. The Hall–Kier alpha value is -3.37. The Balaban J connectivity index is 1.64. The summed E-state index contributed by atoms with van der Waals surface area (Å²) in [5.74, 6) is -2.89. The number of esters is 1. The van der Waals surface area contributed by atoms with E-state index in [0.29, 0.717) is 10.3 Å². The predicted molar refractivity (Wildman–Crippen MR) is 99.5 cm³/mol. The molecule has 2 aromatic heterocycles. The van der Waals surface area contributed by atoms with Crippen LogP contribution in [0.4, 0.5) is 19.1 Å². The van der Waals surface area contributed by atoms with Gasteiger partial charge in [0, 0.05) is 11.5 Å². The standard InChI is InChI=1S/C19H19F3N4O4/c1-18(2,3)13-8-15(30-25-13)24-14(27)10-29-16(28)9-26-12-7-5-4-6-11(12)23-17(26)19(20,21)22/h4-8H,9-10H2,1-3H3,(H,24,27). The van der Waals surface area contributed by atoms with Crippen molar-refractivity contribution in [2.24, 2.45) is 0 Å². The van der Waals surface area contributed by atoms with Crippen molar-refractivity contribution in [2.75, 3.05) is 11.9 Å². The number of hydrogen-bond acceptors (Lipinski definition) is 6. The van der Waals surface area contributed by atoms with Gasteiger partial charge in [0.05, 0.1) is 16.7 Å². The highest BCUT2D eigenvalue weighted by Gasteiger charge is 2.38. The number of ether oxygens (including phenoxy) is 1. The number of benzene rings is 1. The van der Waals surface area contributed by atoms with Gasteiger partial charge in [-0.05, 0) is 12.1 Å². The summed E-state index contributed by atoms with van der Waals surface area (Å²) in [4.78, 5) is 27.6. The summed E-state index contributed by atoms with van der Waals surface area (Å²) in [5.41, 5.74) is 0.544. The molecular weight excluding hydrogens is 405 g/mol. The quantitative estimate of drug-likeness (QED) is 0.629. The molecule has 0 unspecified atom stereocenters. The Labute approximate surface area is 169 Å². The van der Waals surface area contributed by atoms with Gasteiger partial charge in [0.1, 0.15) is 6.54 Å². The number of imidazole rings is 1. The zero-order valence-corrected chi connectivity index (χ0v) is 16.4. The molecule has 0 aliphatic carbocycles. The maximum Gasteiger partial charge on any atom is 0.449 e. The minimum absolute atomic E-state index is 0.0703. The summed E-state index contributed by atoms with van der Waals surface area (Å²) in [5, 5.41) is 6.20. The van der Waals surface area contributed by atoms with E-state index in [1.807, 2.05) is 20.8 Å². The highest BCUT2D eigenvalue weighted by atomic mass is 19.4. The molecule has 0 aliphatic rings. The van der Waals surface area contributed by atoms with Crippen LogP contribution in [0.15, 0.2) is 34.9 Å².